The van der Waals surface area contributed by atoms with Gasteiger partial charge in [0.25, 0.3) is 0 Å². The van der Waals surface area contributed by atoms with Crippen molar-refractivity contribution in [3.05, 3.63) is 34.9 Å². The maximum Gasteiger partial charge on any atom is 0.326 e. The van der Waals surface area contributed by atoms with Gasteiger partial charge in [-0.05, 0) is 44.1 Å². The molecule has 0 bridgehead atoms. The van der Waals surface area contributed by atoms with Crippen molar-refractivity contribution >= 4 is 35.4 Å². The van der Waals surface area contributed by atoms with E-state index in [4.69, 9.17) is 16.7 Å². The SMILES string of the molecule is CC(C)[C@H](NC(=O)C(c1ccc(Cl)cc1)N(C)C)C(=O)N[C@H](CCC(=O)O)C(=O)O. The van der Waals surface area contributed by atoms with Gasteiger partial charge in [0.1, 0.15) is 18.1 Å². The van der Waals surface area contributed by atoms with Gasteiger partial charge in [0, 0.05) is 11.4 Å². The molecule has 1 rings (SSSR count). The van der Waals surface area contributed by atoms with Crippen LogP contribution in [0, 0.1) is 5.92 Å². The monoisotopic (exact) mass is 441 g/mol. The smallest absolute Gasteiger partial charge is 0.326 e. The molecule has 10 heteroatoms. The molecule has 0 spiro atoms. The minimum absolute atomic E-state index is 0.264. The molecule has 0 aliphatic rings. The summed E-state index contributed by atoms with van der Waals surface area (Å²) in [5, 5.41) is 23.6. The first-order valence-corrected chi connectivity index (χ1v) is 9.79. The van der Waals surface area contributed by atoms with Gasteiger partial charge >= 0.3 is 11.9 Å². The molecule has 166 valence electrons. The Bertz CT molecular complexity index is 766. The van der Waals surface area contributed by atoms with Crippen molar-refractivity contribution in [2.75, 3.05) is 14.1 Å². The van der Waals surface area contributed by atoms with Crippen molar-refractivity contribution < 1.29 is 29.4 Å². The lowest BCUT2D eigenvalue weighted by Gasteiger charge is -2.29. The summed E-state index contributed by atoms with van der Waals surface area (Å²) in [4.78, 5) is 49.4. The van der Waals surface area contributed by atoms with E-state index in [1.807, 2.05) is 0 Å². The molecule has 30 heavy (non-hydrogen) atoms. The van der Waals surface area contributed by atoms with Crippen LogP contribution in [0.1, 0.15) is 38.3 Å². The lowest BCUT2D eigenvalue weighted by atomic mass is 10.00. The third-order valence-electron chi connectivity index (χ3n) is 4.46. The number of nitrogens with one attached hydrogen (secondary N) is 2. The van der Waals surface area contributed by atoms with Crippen LogP contribution in [0.3, 0.4) is 0 Å². The number of benzene rings is 1. The fourth-order valence-corrected chi connectivity index (χ4v) is 3.01. The lowest BCUT2D eigenvalue weighted by molar-refractivity contribution is -0.143. The minimum Gasteiger partial charge on any atom is -0.481 e. The summed E-state index contributed by atoms with van der Waals surface area (Å²) in [7, 11) is 3.44. The molecule has 1 aromatic rings. The predicted octanol–water partition coefficient (Wildman–Crippen LogP) is 1.52. The van der Waals surface area contributed by atoms with Crippen molar-refractivity contribution in [3.63, 3.8) is 0 Å². The zero-order chi connectivity index (χ0) is 23.0. The van der Waals surface area contributed by atoms with Gasteiger partial charge in [-0.1, -0.05) is 37.6 Å². The number of hydrogen-bond acceptors (Lipinski definition) is 5. The molecule has 0 saturated heterocycles. The van der Waals surface area contributed by atoms with E-state index in [1.165, 1.54) is 0 Å². The number of carbonyl (C=O) groups excluding carboxylic acids is 2. The Hall–Kier alpha value is -2.65. The van der Waals surface area contributed by atoms with Crippen LogP contribution in [0.2, 0.25) is 5.02 Å². The van der Waals surface area contributed by atoms with Gasteiger partial charge < -0.3 is 20.8 Å². The largest absolute Gasteiger partial charge is 0.481 e. The van der Waals surface area contributed by atoms with Crippen molar-refractivity contribution in [1.29, 1.82) is 0 Å². The van der Waals surface area contributed by atoms with Gasteiger partial charge in [-0.3, -0.25) is 19.3 Å². The molecule has 0 aromatic heterocycles. The van der Waals surface area contributed by atoms with Crippen LogP contribution in [0.15, 0.2) is 24.3 Å². The second-order valence-corrected chi connectivity index (χ2v) is 7.92. The van der Waals surface area contributed by atoms with Crippen LogP contribution in [0.25, 0.3) is 0 Å². The Kier molecular flexibility index (Phi) is 9.74. The van der Waals surface area contributed by atoms with E-state index in [1.54, 1.807) is 57.1 Å². The molecule has 4 N–H and O–H groups in total. The Balaban J connectivity index is 2.98. The number of halogens is 1. The van der Waals surface area contributed by atoms with E-state index in [0.29, 0.717) is 10.6 Å². The van der Waals surface area contributed by atoms with Crippen molar-refractivity contribution in [3.8, 4) is 0 Å². The van der Waals surface area contributed by atoms with Gasteiger partial charge in [0.2, 0.25) is 11.8 Å². The van der Waals surface area contributed by atoms with Gasteiger partial charge in [0.15, 0.2) is 0 Å². The first-order valence-electron chi connectivity index (χ1n) is 9.41. The van der Waals surface area contributed by atoms with E-state index in [2.05, 4.69) is 10.6 Å². The van der Waals surface area contributed by atoms with Crippen LogP contribution >= 0.6 is 11.6 Å². The van der Waals surface area contributed by atoms with E-state index in [-0.39, 0.29) is 12.3 Å². The van der Waals surface area contributed by atoms with E-state index < -0.39 is 48.3 Å². The highest BCUT2D eigenvalue weighted by atomic mass is 35.5. The normalized spacial score (nSPS) is 14.1. The zero-order valence-electron chi connectivity index (χ0n) is 17.4. The Labute approximate surface area is 180 Å². The van der Waals surface area contributed by atoms with E-state index in [9.17, 15) is 24.3 Å². The van der Waals surface area contributed by atoms with Crippen LogP contribution < -0.4 is 10.6 Å². The van der Waals surface area contributed by atoms with Gasteiger partial charge in [-0.25, -0.2) is 4.79 Å². The number of carboxylic acid groups (broad SMARTS) is 2. The summed E-state index contributed by atoms with van der Waals surface area (Å²) in [6.45, 7) is 3.43. The number of likely N-dealkylation sites (N-methyl/N-ethyl adjacent to an activating group) is 1. The summed E-state index contributed by atoms with van der Waals surface area (Å²) in [5.41, 5.74) is 0.676. The molecule has 0 aliphatic heterocycles. The van der Waals surface area contributed by atoms with Crippen molar-refractivity contribution in [2.45, 2.75) is 44.8 Å². The molecule has 1 unspecified atom stereocenters. The molecule has 0 radical (unpaired) electrons. The number of carboxylic acids is 2. The summed E-state index contributed by atoms with van der Waals surface area (Å²) in [6.07, 6.45) is -0.671. The highest BCUT2D eigenvalue weighted by Gasteiger charge is 2.32. The number of nitrogens with zero attached hydrogens (tertiary/aromatic N) is 1. The summed E-state index contributed by atoms with van der Waals surface area (Å²) >= 11 is 5.91. The molecule has 0 aliphatic carbocycles. The molecule has 1 aromatic carbocycles. The molecular weight excluding hydrogens is 414 g/mol. The zero-order valence-corrected chi connectivity index (χ0v) is 18.1. The third kappa shape index (κ3) is 7.64. The number of carbonyl (C=O) groups is 4. The fourth-order valence-electron chi connectivity index (χ4n) is 2.88. The molecule has 9 nitrogen and oxygen atoms in total. The van der Waals surface area contributed by atoms with Crippen LogP contribution in [0.5, 0.6) is 0 Å². The Morgan fingerprint density at radius 1 is 1.00 bits per heavy atom. The average molecular weight is 442 g/mol. The van der Waals surface area contributed by atoms with Crippen molar-refractivity contribution in [2.24, 2.45) is 5.92 Å². The minimum atomic E-state index is -1.37. The third-order valence-corrected chi connectivity index (χ3v) is 4.71. The fraction of sp³-hybridized carbons (Fsp3) is 0.500. The number of aliphatic carboxylic acids is 2. The van der Waals surface area contributed by atoms with Crippen LogP contribution in [-0.2, 0) is 19.2 Å². The first-order chi connectivity index (χ1) is 13.9. The van der Waals surface area contributed by atoms with Gasteiger partial charge in [0.05, 0.1) is 0 Å². The number of amides is 2. The quantitative estimate of drug-likeness (QED) is 0.408. The summed E-state index contributed by atoms with van der Waals surface area (Å²) < 4.78 is 0. The van der Waals surface area contributed by atoms with Crippen LogP contribution in [-0.4, -0.2) is 65.0 Å². The second kappa shape index (κ2) is 11.5. The Morgan fingerprint density at radius 3 is 2.00 bits per heavy atom. The topological polar surface area (TPSA) is 136 Å². The summed E-state index contributed by atoms with van der Waals surface area (Å²) in [6, 6.07) is 3.68. The van der Waals surface area contributed by atoms with E-state index in [0.717, 1.165) is 0 Å². The average Bonchev–Trinajstić information content (AvgIpc) is 2.63. The van der Waals surface area contributed by atoms with E-state index >= 15 is 0 Å². The Morgan fingerprint density at radius 2 is 1.57 bits per heavy atom. The molecule has 0 fully saturated rings. The molecular formula is C20H28ClN3O6. The number of rotatable bonds is 11. The highest BCUT2D eigenvalue weighted by molar-refractivity contribution is 6.30. The lowest BCUT2D eigenvalue weighted by Crippen LogP contribution is -2.55. The summed E-state index contributed by atoms with van der Waals surface area (Å²) in [5.74, 6) is -3.97. The van der Waals surface area contributed by atoms with Crippen LogP contribution in [0.4, 0.5) is 0 Å². The van der Waals surface area contributed by atoms with Crippen molar-refractivity contribution in [1.82, 2.24) is 15.5 Å². The standard InChI is InChI=1S/C20H28ClN3O6/c1-11(2)16(18(27)22-14(20(29)30)9-10-15(25)26)23-19(28)17(24(3)4)12-5-7-13(21)8-6-12/h5-8,11,14,16-17H,9-10H2,1-4H3,(H,22,27)(H,23,28)(H,25,26)(H,29,30)/t14-,16+,17?/m1/s1. The predicted molar refractivity (Wildman–Crippen MR) is 111 cm³/mol. The highest BCUT2D eigenvalue weighted by Crippen LogP contribution is 2.21. The maximum atomic E-state index is 13.0. The number of hydrogen-bond donors (Lipinski definition) is 4. The maximum absolute atomic E-state index is 13.0. The molecule has 3 atom stereocenters. The molecule has 0 heterocycles. The second-order valence-electron chi connectivity index (χ2n) is 7.48. The van der Waals surface area contributed by atoms with Gasteiger partial charge in [-0.15, -0.1) is 0 Å². The van der Waals surface area contributed by atoms with Gasteiger partial charge in [-0.2, -0.15) is 0 Å². The first kappa shape index (κ1) is 25.4. The molecule has 2 amide bonds. The molecule has 0 saturated carbocycles.